The summed E-state index contributed by atoms with van der Waals surface area (Å²) < 4.78 is 28.8. The van der Waals surface area contributed by atoms with E-state index in [-0.39, 0.29) is 0 Å². The Hall–Kier alpha value is -0.210. The first-order valence-electron chi connectivity index (χ1n) is 5.37. The number of hydrogen-bond acceptors (Lipinski definition) is 3. The molecule has 1 aromatic heterocycles. The van der Waals surface area contributed by atoms with Crippen LogP contribution < -0.4 is 4.72 Å². The van der Waals surface area contributed by atoms with Crippen LogP contribution in [0.4, 0.5) is 0 Å². The largest absolute Gasteiger partial charge is 0.241 e. The number of rotatable bonds is 4. The highest BCUT2D eigenvalue weighted by Crippen LogP contribution is 2.22. The van der Waals surface area contributed by atoms with Crippen LogP contribution in [-0.2, 0) is 16.6 Å². The number of halogens is 2. The molecular weight excluding hydrogens is 414 g/mol. The molecule has 0 saturated heterocycles. The normalized spacial score (nSPS) is 11.7. The fourth-order valence-corrected chi connectivity index (χ4v) is 4.82. The molecule has 1 aromatic carbocycles. The summed E-state index contributed by atoms with van der Waals surface area (Å²) in [4.78, 5) is 1.26. The summed E-state index contributed by atoms with van der Waals surface area (Å²) in [5.74, 6) is 0. The number of nitrogens with one attached hydrogen (secondary N) is 1. The fraction of sp³-hybridized carbons (Fsp3) is 0.167. The van der Waals surface area contributed by atoms with Crippen molar-refractivity contribution in [1.82, 2.24) is 4.72 Å². The zero-order valence-corrected chi connectivity index (χ0v) is 14.8. The van der Waals surface area contributed by atoms with Crippen molar-refractivity contribution < 1.29 is 8.42 Å². The molecule has 0 unspecified atom stereocenters. The summed E-state index contributed by atoms with van der Waals surface area (Å²) >= 11 is 8.15. The molecule has 0 aliphatic carbocycles. The lowest BCUT2D eigenvalue weighted by molar-refractivity contribution is 0.581. The number of hydrogen-bond donors (Lipinski definition) is 1. The van der Waals surface area contributed by atoms with Gasteiger partial charge in [-0.15, -0.1) is 11.3 Å². The average molecular weight is 425 g/mol. The van der Waals surface area contributed by atoms with E-state index in [1.807, 2.05) is 17.5 Å². The molecule has 0 aliphatic rings. The second-order valence-electron chi connectivity index (χ2n) is 3.97. The van der Waals surface area contributed by atoms with Gasteiger partial charge >= 0.3 is 0 Å². The zero-order chi connectivity index (χ0) is 14.0. The lowest BCUT2D eigenvalue weighted by Crippen LogP contribution is -2.23. The minimum Gasteiger partial charge on any atom is -0.207 e. The molecule has 19 heavy (non-hydrogen) atoms. The fourth-order valence-electron chi connectivity index (χ4n) is 1.55. The van der Waals surface area contributed by atoms with E-state index in [0.717, 1.165) is 19.4 Å². The summed E-state index contributed by atoms with van der Waals surface area (Å²) in [5.41, 5.74) is 0.725. The molecule has 1 heterocycles. The highest BCUT2D eigenvalue weighted by atomic mass is 79.9. The van der Waals surface area contributed by atoms with E-state index in [1.165, 1.54) is 11.3 Å². The van der Waals surface area contributed by atoms with Gasteiger partial charge in [0.2, 0.25) is 10.0 Å². The van der Waals surface area contributed by atoms with Crippen LogP contribution in [0.15, 0.2) is 43.5 Å². The number of sulfonamides is 1. The van der Waals surface area contributed by atoms with Crippen molar-refractivity contribution in [3.8, 4) is 0 Å². The summed E-state index contributed by atoms with van der Waals surface area (Å²) in [7, 11) is -3.49. The number of thiophene rings is 1. The van der Waals surface area contributed by atoms with E-state index < -0.39 is 10.0 Å². The molecule has 0 saturated carbocycles. The number of aryl methyl sites for hydroxylation is 1. The van der Waals surface area contributed by atoms with Crippen LogP contribution in [-0.4, -0.2) is 8.42 Å². The maximum absolute atomic E-state index is 12.2. The number of benzene rings is 1. The Bertz CT molecular complexity index is 696. The average Bonchev–Trinajstić information content (AvgIpc) is 2.76. The smallest absolute Gasteiger partial charge is 0.207 e. The van der Waals surface area contributed by atoms with Gasteiger partial charge in [0, 0.05) is 25.7 Å². The van der Waals surface area contributed by atoms with Crippen LogP contribution in [0.25, 0.3) is 0 Å². The van der Waals surface area contributed by atoms with Crippen LogP contribution >= 0.6 is 43.2 Å². The third-order valence-corrected chi connectivity index (χ3v) is 6.23. The van der Waals surface area contributed by atoms with Crippen LogP contribution in [0.3, 0.4) is 0 Å². The standard InChI is InChI=1S/C12H11Br2NO2S2/c1-8-2-3-9(13)5-12(8)19(16,17)15-6-11-4-10(14)7-18-11/h2-5,7,15H,6H2,1H3. The zero-order valence-electron chi connectivity index (χ0n) is 9.98. The molecule has 0 aliphatic heterocycles. The van der Waals surface area contributed by atoms with Gasteiger partial charge in [-0.05, 0) is 46.6 Å². The van der Waals surface area contributed by atoms with Crippen molar-refractivity contribution in [3.05, 3.63) is 49.0 Å². The predicted octanol–water partition coefficient (Wildman–Crippen LogP) is 4.06. The molecule has 0 bridgehead atoms. The Balaban J connectivity index is 2.20. The van der Waals surface area contributed by atoms with Crippen molar-refractivity contribution >= 4 is 53.2 Å². The van der Waals surface area contributed by atoms with Gasteiger partial charge in [0.25, 0.3) is 0 Å². The lowest BCUT2D eigenvalue weighted by atomic mass is 10.2. The summed E-state index contributed by atoms with van der Waals surface area (Å²) in [5, 5.41) is 1.92. The van der Waals surface area contributed by atoms with E-state index in [2.05, 4.69) is 36.6 Å². The second-order valence-corrected chi connectivity index (χ2v) is 8.53. The Labute approximate surface area is 133 Å². The van der Waals surface area contributed by atoms with Crippen LogP contribution in [0.2, 0.25) is 0 Å². The van der Waals surface area contributed by atoms with Crippen LogP contribution in [0.5, 0.6) is 0 Å². The van der Waals surface area contributed by atoms with E-state index in [4.69, 9.17) is 0 Å². The highest BCUT2D eigenvalue weighted by Gasteiger charge is 2.17. The molecule has 102 valence electrons. The summed E-state index contributed by atoms with van der Waals surface area (Å²) in [6.07, 6.45) is 0. The summed E-state index contributed by atoms with van der Waals surface area (Å²) in [6, 6.07) is 7.12. The molecule has 0 amide bonds. The van der Waals surface area contributed by atoms with Crippen LogP contribution in [0.1, 0.15) is 10.4 Å². The minimum atomic E-state index is -3.49. The quantitative estimate of drug-likeness (QED) is 0.804. The molecule has 0 fully saturated rings. The lowest BCUT2D eigenvalue weighted by Gasteiger charge is -2.09. The third kappa shape index (κ3) is 3.88. The Morgan fingerprint density at radius 1 is 1.21 bits per heavy atom. The molecule has 0 atom stereocenters. The molecule has 2 aromatic rings. The Kier molecular flexibility index (Phi) is 4.84. The maximum atomic E-state index is 12.2. The third-order valence-electron chi connectivity index (χ3n) is 2.50. The molecule has 1 N–H and O–H groups in total. The monoisotopic (exact) mass is 423 g/mol. The van der Waals surface area contributed by atoms with Crippen molar-refractivity contribution in [2.45, 2.75) is 18.4 Å². The molecule has 0 spiro atoms. The predicted molar refractivity (Wildman–Crippen MR) is 84.9 cm³/mol. The van der Waals surface area contributed by atoms with Gasteiger partial charge in [-0.25, -0.2) is 13.1 Å². The molecule has 3 nitrogen and oxygen atoms in total. The highest BCUT2D eigenvalue weighted by molar-refractivity contribution is 9.10. The molecular formula is C12H11Br2NO2S2. The molecule has 0 radical (unpaired) electrons. The topological polar surface area (TPSA) is 46.2 Å². The van der Waals surface area contributed by atoms with Gasteiger partial charge < -0.3 is 0 Å². The van der Waals surface area contributed by atoms with Crippen molar-refractivity contribution in [2.24, 2.45) is 0 Å². The second kappa shape index (κ2) is 6.05. The van der Waals surface area contributed by atoms with E-state index in [0.29, 0.717) is 11.4 Å². The minimum absolute atomic E-state index is 0.296. The summed E-state index contributed by atoms with van der Waals surface area (Å²) in [6.45, 7) is 2.08. The van der Waals surface area contributed by atoms with E-state index in [1.54, 1.807) is 19.1 Å². The van der Waals surface area contributed by atoms with Crippen molar-refractivity contribution in [2.75, 3.05) is 0 Å². The Morgan fingerprint density at radius 3 is 2.58 bits per heavy atom. The van der Waals surface area contributed by atoms with Crippen molar-refractivity contribution in [3.63, 3.8) is 0 Å². The van der Waals surface area contributed by atoms with Gasteiger partial charge in [0.15, 0.2) is 0 Å². The molecule has 2 rings (SSSR count). The molecule has 7 heteroatoms. The first-order valence-corrected chi connectivity index (χ1v) is 9.32. The van der Waals surface area contributed by atoms with Gasteiger partial charge in [-0.2, -0.15) is 0 Å². The van der Waals surface area contributed by atoms with E-state index >= 15 is 0 Å². The van der Waals surface area contributed by atoms with Crippen molar-refractivity contribution in [1.29, 1.82) is 0 Å². The van der Waals surface area contributed by atoms with Crippen LogP contribution in [0, 0.1) is 6.92 Å². The van der Waals surface area contributed by atoms with Gasteiger partial charge in [0.1, 0.15) is 0 Å². The first-order chi connectivity index (χ1) is 8.88. The van der Waals surface area contributed by atoms with Gasteiger partial charge in [-0.1, -0.05) is 22.0 Å². The van der Waals surface area contributed by atoms with Gasteiger partial charge in [0.05, 0.1) is 4.90 Å². The SMILES string of the molecule is Cc1ccc(Br)cc1S(=O)(=O)NCc1cc(Br)cs1. The van der Waals surface area contributed by atoms with Gasteiger partial charge in [-0.3, -0.25) is 0 Å². The Morgan fingerprint density at radius 2 is 1.95 bits per heavy atom. The first kappa shape index (κ1) is 15.2. The van der Waals surface area contributed by atoms with E-state index in [9.17, 15) is 8.42 Å². The maximum Gasteiger partial charge on any atom is 0.241 e.